The molecule has 0 heterocycles. The van der Waals surface area contributed by atoms with E-state index in [-0.39, 0.29) is 22.1 Å². The number of ether oxygens (including phenoxy) is 1. The van der Waals surface area contributed by atoms with Gasteiger partial charge in [0, 0.05) is 17.6 Å². The Hall–Kier alpha value is -2.38. The molecule has 0 aromatic heterocycles. The summed E-state index contributed by atoms with van der Waals surface area (Å²) in [4.78, 5) is 12.6. The summed E-state index contributed by atoms with van der Waals surface area (Å²) >= 11 is 0. The molecule has 1 amide bonds. The molecule has 2 unspecified atom stereocenters. The zero-order valence-electron chi connectivity index (χ0n) is 17.2. The first-order chi connectivity index (χ1) is 13.6. The second-order valence-electron chi connectivity index (χ2n) is 8.44. The van der Waals surface area contributed by atoms with Crippen molar-refractivity contribution in [2.75, 3.05) is 13.7 Å². The van der Waals surface area contributed by atoms with Crippen LogP contribution in [0.4, 0.5) is 0 Å². The minimum atomic E-state index is -3.84. The van der Waals surface area contributed by atoms with E-state index in [4.69, 9.17) is 4.74 Å². The lowest BCUT2D eigenvalue weighted by Crippen LogP contribution is -2.40. The number of rotatable bonds is 7. The minimum absolute atomic E-state index is 0.0452. The van der Waals surface area contributed by atoms with Crippen LogP contribution in [0.2, 0.25) is 0 Å². The second-order valence-corrected chi connectivity index (χ2v) is 10.1. The predicted octanol–water partition coefficient (Wildman–Crippen LogP) is 3.31. The summed E-state index contributed by atoms with van der Waals surface area (Å²) in [5, 5.41) is 2.93. The molecule has 2 atom stereocenters. The molecular weight excluding hydrogens is 388 g/mol. The van der Waals surface area contributed by atoms with Gasteiger partial charge in [-0.3, -0.25) is 4.79 Å². The van der Waals surface area contributed by atoms with Crippen molar-refractivity contribution in [3.63, 3.8) is 0 Å². The van der Waals surface area contributed by atoms with Gasteiger partial charge in [-0.2, -0.15) is 0 Å². The van der Waals surface area contributed by atoms with Crippen LogP contribution in [0, 0.1) is 5.92 Å². The molecular formula is C22H28N2O4S. The van der Waals surface area contributed by atoms with Gasteiger partial charge in [-0.25, -0.2) is 13.1 Å². The Morgan fingerprint density at radius 1 is 1.14 bits per heavy atom. The van der Waals surface area contributed by atoms with E-state index in [1.165, 1.54) is 24.8 Å². The van der Waals surface area contributed by atoms with E-state index in [2.05, 4.69) is 22.2 Å². The first-order valence-electron chi connectivity index (χ1n) is 9.66. The van der Waals surface area contributed by atoms with Gasteiger partial charge in [-0.15, -0.1) is 0 Å². The van der Waals surface area contributed by atoms with Gasteiger partial charge in [0.1, 0.15) is 10.6 Å². The number of hydrogen-bond donors (Lipinski definition) is 2. The highest BCUT2D eigenvalue weighted by Crippen LogP contribution is 2.46. The summed E-state index contributed by atoms with van der Waals surface area (Å²) in [5.74, 6) is 0.785. The summed E-state index contributed by atoms with van der Waals surface area (Å²) in [6.45, 7) is 5.83. The van der Waals surface area contributed by atoms with Crippen molar-refractivity contribution in [2.45, 2.75) is 43.5 Å². The Morgan fingerprint density at radius 3 is 2.45 bits per heavy atom. The number of carbonyl (C=O) groups is 1. The average Bonchev–Trinajstić information content (AvgIpc) is 3.44. The van der Waals surface area contributed by atoms with Gasteiger partial charge in [-0.05, 0) is 62.8 Å². The number of nitrogens with one attached hydrogen (secondary N) is 2. The van der Waals surface area contributed by atoms with Crippen molar-refractivity contribution in [2.24, 2.45) is 5.92 Å². The first-order valence-corrected chi connectivity index (χ1v) is 11.1. The Bertz CT molecular complexity index is 982. The lowest BCUT2D eigenvalue weighted by Gasteiger charge is -2.21. The van der Waals surface area contributed by atoms with Gasteiger partial charge in [0.2, 0.25) is 10.0 Å². The number of benzene rings is 2. The third kappa shape index (κ3) is 5.36. The van der Waals surface area contributed by atoms with Crippen LogP contribution < -0.4 is 14.8 Å². The molecule has 1 fully saturated rings. The normalized spacial score (nSPS) is 18.9. The molecule has 2 aromatic carbocycles. The number of hydrogen-bond acceptors (Lipinski definition) is 4. The van der Waals surface area contributed by atoms with Crippen LogP contribution >= 0.6 is 0 Å². The van der Waals surface area contributed by atoms with E-state index >= 15 is 0 Å². The molecule has 2 N–H and O–H groups in total. The van der Waals surface area contributed by atoms with Crippen LogP contribution in [0.1, 0.15) is 49.0 Å². The minimum Gasteiger partial charge on any atom is -0.495 e. The van der Waals surface area contributed by atoms with E-state index in [1.54, 1.807) is 26.8 Å². The smallest absolute Gasteiger partial charge is 0.251 e. The fourth-order valence-electron chi connectivity index (χ4n) is 3.39. The highest BCUT2D eigenvalue weighted by atomic mass is 32.2. The number of methoxy groups -OCH3 is 1. The van der Waals surface area contributed by atoms with E-state index in [9.17, 15) is 13.2 Å². The highest BCUT2D eigenvalue weighted by Gasteiger charge is 2.38. The van der Waals surface area contributed by atoms with E-state index < -0.39 is 15.6 Å². The molecule has 29 heavy (non-hydrogen) atoms. The number of carbonyl (C=O) groups excluding carboxylic acids is 1. The Morgan fingerprint density at radius 2 is 1.83 bits per heavy atom. The lowest BCUT2D eigenvalue weighted by atomic mass is 10.1. The van der Waals surface area contributed by atoms with Crippen LogP contribution in [-0.2, 0) is 10.0 Å². The maximum absolute atomic E-state index is 12.8. The SMILES string of the molecule is COc1ccc(C(=O)NCC2CC2c2ccccc2)cc1S(=O)(=O)NC(C)(C)C. The standard InChI is InChI=1S/C22H28N2O4S/c1-22(2,3)24-29(26,27)20-13-16(10-11-19(20)28-4)21(25)23-14-17-12-18(17)15-8-6-5-7-9-15/h5-11,13,17-18,24H,12,14H2,1-4H3,(H,23,25). The monoisotopic (exact) mass is 416 g/mol. The summed E-state index contributed by atoms with van der Waals surface area (Å²) < 4.78 is 33.3. The van der Waals surface area contributed by atoms with Gasteiger partial charge >= 0.3 is 0 Å². The largest absolute Gasteiger partial charge is 0.495 e. The quantitative estimate of drug-likeness (QED) is 0.725. The maximum Gasteiger partial charge on any atom is 0.251 e. The van der Waals surface area contributed by atoms with Crippen molar-refractivity contribution in [3.8, 4) is 5.75 Å². The number of sulfonamides is 1. The first kappa shape index (κ1) is 21.3. The fourth-order valence-corrected chi connectivity index (χ4v) is 5.01. The Labute approximate surface area is 172 Å². The molecule has 0 saturated heterocycles. The van der Waals surface area contributed by atoms with E-state index in [1.807, 2.05) is 18.2 Å². The molecule has 0 bridgehead atoms. The molecule has 0 radical (unpaired) electrons. The van der Waals surface area contributed by atoms with Crippen LogP contribution in [0.5, 0.6) is 5.75 Å². The van der Waals surface area contributed by atoms with Crippen LogP contribution in [0.15, 0.2) is 53.4 Å². The van der Waals surface area contributed by atoms with Crippen LogP contribution in [-0.4, -0.2) is 33.5 Å². The topological polar surface area (TPSA) is 84.5 Å². The van der Waals surface area contributed by atoms with Gasteiger partial charge in [0.25, 0.3) is 5.91 Å². The van der Waals surface area contributed by atoms with Crippen molar-refractivity contribution >= 4 is 15.9 Å². The van der Waals surface area contributed by atoms with E-state index in [0.717, 1.165) is 6.42 Å². The van der Waals surface area contributed by atoms with Crippen molar-refractivity contribution in [1.82, 2.24) is 10.0 Å². The molecule has 0 spiro atoms. The maximum atomic E-state index is 12.8. The molecule has 6 nitrogen and oxygen atoms in total. The van der Waals surface area contributed by atoms with Gasteiger partial charge in [-0.1, -0.05) is 30.3 Å². The lowest BCUT2D eigenvalue weighted by molar-refractivity contribution is 0.0951. The average molecular weight is 417 g/mol. The Balaban J connectivity index is 1.70. The predicted molar refractivity (Wildman–Crippen MR) is 113 cm³/mol. The van der Waals surface area contributed by atoms with E-state index in [0.29, 0.717) is 18.4 Å². The molecule has 2 aromatic rings. The number of amides is 1. The van der Waals surface area contributed by atoms with Crippen LogP contribution in [0.3, 0.4) is 0 Å². The van der Waals surface area contributed by atoms with Gasteiger partial charge < -0.3 is 10.1 Å². The van der Waals surface area contributed by atoms with Crippen LogP contribution in [0.25, 0.3) is 0 Å². The molecule has 156 valence electrons. The van der Waals surface area contributed by atoms with Crippen molar-refractivity contribution in [1.29, 1.82) is 0 Å². The fraction of sp³-hybridized carbons (Fsp3) is 0.409. The third-order valence-corrected chi connectivity index (χ3v) is 6.61. The van der Waals surface area contributed by atoms with Crippen molar-refractivity contribution in [3.05, 3.63) is 59.7 Å². The summed E-state index contributed by atoms with van der Waals surface area (Å²) in [6.07, 6.45) is 1.04. The van der Waals surface area contributed by atoms with Gasteiger partial charge in [0.15, 0.2) is 0 Å². The molecule has 1 aliphatic rings. The summed E-state index contributed by atoms with van der Waals surface area (Å²) in [7, 11) is -2.43. The summed E-state index contributed by atoms with van der Waals surface area (Å²) in [6, 6.07) is 14.7. The third-order valence-electron chi connectivity index (χ3n) is 4.83. The molecule has 7 heteroatoms. The van der Waals surface area contributed by atoms with Crippen molar-refractivity contribution < 1.29 is 17.9 Å². The molecule has 1 saturated carbocycles. The zero-order valence-corrected chi connectivity index (χ0v) is 18.0. The molecule has 0 aliphatic heterocycles. The van der Waals surface area contributed by atoms with Gasteiger partial charge in [0.05, 0.1) is 7.11 Å². The molecule has 1 aliphatic carbocycles. The zero-order chi connectivity index (χ0) is 21.2. The Kier molecular flexibility index (Phi) is 6.00. The highest BCUT2D eigenvalue weighted by molar-refractivity contribution is 7.89. The molecule has 3 rings (SSSR count). The second kappa shape index (κ2) is 8.16. The summed E-state index contributed by atoms with van der Waals surface area (Å²) in [5.41, 5.74) is 0.926.